The van der Waals surface area contributed by atoms with Crippen molar-refractivity contribution in [2.75, 3.05) is 7.11 Å². The average molecular weight is 407 g/mol. The van der Waals surface area contributed by atoms with E-state index in [1.54, 1.807) is 18.9 Å². The quantitative estimate of drug-likeness (QED) is 0.342. The van der Waals surface area contributed by atoms with Crippen molar-refractivity contribution in [3.63, 3.8) is 0 Å². The van der Waals surface area contributed by atoms with Crippen molar-refractivity contribution in [1.29, 1.82) is 0 Å². The number of halogens is 1. The van der Waals surface area contributed by atoms with Crippen LogP contribution in [0.5, 0.6) is 5.75 Å². The number of imidazole rings is 1. The molecule has 0 aliphatic rings. The lowest BCUT2D eigenvalue weighted by molar-refractivity contribution is 0.415. The monoisotopic (exact) mass is 406 g/mol. The largest absolute Gasteiger partial charge is 0.497 e. The predicted octanol–water partition coefficient (Wildman–Crippen LogP) is 6.49. The molecule has 3 nitrogen and oxygen atoms in total. The fourth-order valence-corrected chi connectivity index (χ4v) is 4.12. The molecule has 0 saturated carbocycles. The molecular formula is C23H19ClN2OS. The van der Waals surface area contributed by atoms with Gasteiger partial charge in [0, 0.05) is 22.0 Å². The minimum absolute atomic E-state index is 0.700. The number of aromatic nitrogens is 2. The Labute approximate surface area is 174 Å². The third-order valence-corrected chi connectivity index (χ3v) is 5.65. The number of hydrogen-bond donors (Lipinski definition) is 0. The maximum Gasteiger partial charge on any atom is 0.173 e. The molecule has 0 aliphatic carbocycles. The molecule has 0 aliphatic heterocycles. The molecule has 0 fully saturated rings. The van der Waals surface area contributed by atoms with E-state index in [9.17, 15) is 0 Å². The summed E-state index contributed by atoms with van der Waals surface area (Å²) in [5, 5.41) is 1.63. The molecule has 5 heteroatoms. The number of ether oxygens (including phenoxy) is 1. The van der Waals surface area contributed by atoms with E-state index in [2.05, 4.69) is 28.8 Å². The number of thioether (sulfide) groups is 1. The molecule has 3 aromatic carbocycles. The van der Waals surface area contributed by atoms with Gasteiger partial charge in [0.05, 0.1) is 19.0 Å². The second-order valence-electron chi connectivity index (χ2n) is 6.24. The van der Waals surface area contributed by atoms with Gasteiger partial charge in [-0.15, -0.1) is 0 Å². The molecule has 0 saturated heterocycles. The lowest BCUT2D eigenvalue weighted by atomic mass is 10.1. The van der Waals surface area contributed by atoms with Gasteiger partial charge in [0.15, 0.2) is 5.16 Å². The molecule has 0 radical (unpaired) electrons. The Morgan fingerprint density at radius 2 is 1.75 bits per heavy atom. The Bertz CT molecular complexity index is 1060. The van der Waals surface area contributed by atoms with Gasteiger partial charge in [0.1, 0.15) is 5.75 Å². The third kappa shape index (κ3) is 4.08. The van der Waals surface area contributed by atoms with Gasteiger partial charge in [0.2, 0.25) is 0 Å². The van der Waals surface area contributed by atoms with Gasteiger partial charge in [0.25, 0.3) is 0 Å². The van der Waals surface area contributed by atoms with Gasteiger partial charge < -0.3 is 4.74 Å². The van der Waals surface area contributed by atoms with Crippen molar-refractivity contribution in [3.8, 4) is 22.7 Å². The number of hydrogen-bond acceptors (Lipinski definition) is 3. The van der Waals surface area contributed by atoms with Crippen molar-refractivity contribution in [2.24, 2.45) is 0 Å². The number of benzene rings is 3. The van der Waals surface area contributed by atoms with E-state index >= 15 is 0 Å². The van der Waals surface area contributed by atoms with E-state index in [1.807, 2.05) is 60.8 Å². The summed E-state index contributed by atoms with van der Waals surface area (Å²) < 4.78 is 7.44. The Balaban J connectivity index is 1.74. The molecule has 4 rings (SSSR count). The minimum atomic E-state index is 0.700. The molecule has 0 bridgehead atoms. The molecular weight excluding hydrogens is 388 g/mol. The molecule has 0 spiro atoms. The Morgan fingerprint density at radius 1 is 0.964 bits per heavy atom. The zero-order valence-electron chi connectivity index (χ0n) is 15.4. The lowest BCUT2D eigenvalue weighted by Crippen LogP contribution is -1.99. The van der Waals surface area contributed by atoms with Crippen LogP contribution in [0.15, 0.2) is 90.2 Å². The topological polar surface area (TPSA) is 27.1 Å². The van der Waals surface area contributed by atoms with Crippen LogP contribution in [0.3, 0.4) is 0 Å². The van der Waals surface area contributed by atoms with Crippen LogP contribution in [0.1, 0.15) is 5.56 Å². The van der Waals surface area contributed by atoms with Crippen molar-refractivity contribution < 1.29 is 4.74 Å². The highest BCUT2D eigenvalue weighted by Crippen LogP contribution is 2.32. The van der Waals surface area contributed by atoms with E-state index in [4.69, 9.17) is 21.3 Å². The number of nitrogens with zero attached hydrogens (tertiary/aromatic N) is 2. The van der Waals surface area contributed by atoms with Gasteiger partial charge in [-0.3, -0.25) is 4.57 Å². The van der Waals surface area contributed by atoms with E-state index in [-0.39, 0.29) is 0 Å². The normalized spacial score (nSPS) is 10.8. The van der Waals surface area contributed by atoms with Crippen molar-refractivity contribution in [3.05, 3.63) is 95.6 Å². The first kappa shape index (κ1) is 18.7. The van der Waals surface area contributed by atoms with Gasteiger partial charge in [-0.1, -0.05) is 59.8 Å². The highest BCUT2D eigenvalue weighted by molar-refractivity contribution is 7.98. The van der Waals surface area contributed by atoms with Gasteiger partial charge in [-0.05, 0) is 48.0 Å². The van der Waals surface area contributed by atoms with E-state index in [1.165, 1.54) is 5.56 Å². The van der Waals surface area contributed by atoms with Crippen molar-refractivity contribution in [1.82, 2.24) is 9.55 Å². The molecule has 0 atom stereocenters. The minimum Gasteiger partial charge on any atom is -0.497 e. The predicted molar refractivity (Wildman–Crippen MR) is 117 cm³/mol. The molecule has 4 aromatic rings. The van der Waals surface area contributed by atoms with Crippen LogP contribution in [-0.4, -0.2) is 16.7 Å². The van der Waals surface area contributed by atoms with E-state index in [0.29, 0.717) is 5.02 Å². The summed E-state index contributed by atoms with van der Waals surface area (Å²) in [6.07, 6.45) is 1.91. The third-order valence-electron chi connectivity index (χ3n) is 4.39. The molecule has 0 N–H and O–H groups in total. The molecule has 0 unspecified atom stereocenters. The zero-order valence-corrected chi connectivity index (χ0v) is 17.0. The highest BCUT2D eigenvalue weighted by atomic mass is 35.5. The second kappa shape index (κ2) is 8.55. The highest BCUT2D eigenvalue weighted by Gasteiger charge is 2.15. The Kier molecular flexibility index (Phi) is 5.70. The smallest absolute Gasteiger partial charge is 0.173 e. The first-order valence-electron chi connectivity index (χ1n) is 8.89. The number of rotatable bonds is 6. The van der Waals surface area contributed by atoms with Crippen LogP contribution < -0.4 is 4.74 Å². The SMILES string of the molecule is COc1ccc(-c2cnc(SCc3ccccc3)n2-c2cccc(Cl)c2)cc1. The van der Waals surface area contributed by atoms with Crippen LogP contribution in [0.2, 0.25) is 5.02 Å². The summed E-state index contributed by atoms with van der Waals surface area (Å²) in [6, 6.07) is 26.3. The Hall–Kier alpha value is -2.69. The van der Waals surface area contributed by atoms with Crippen molar-refractivity contribution >= 4 is 23.4 Å². The fraction of sp³-hybridized carbons (Fsp3) is 0.0870. The van der Waals surface area contributed by atoms with E-state index < -0.39 is 0 Å². The van der Waals surface area contributed by atoms with E-state index in [0.717, 1.165) is 33.6 Å². The summed E-state index contributed by atoms with van der Waals surface area (Å²) in [5.74, 6) is 1.68. The summed E-state index contributed by atoms with van der Waals surface area (Å²) >= 11 is 7.98. The maximum atomic E-state index is 6.27. The van der Waals surface area contributed by atoms with Crippen molar-refractivity contribution in [2.45, 2.75) is 10.9 Å². The van der Waals surface area contributed by atoms with Crippen LogP contribution in [0, 0.1) is 0 Å². The summed E-state index contributed by atoms with van der Waals surface area (Å²) in [6.45, 7) is 0. The fourth-order valence-electron chi connectivity index (χ4n) is 2.99. The maximum absolute atomic E-state index is 6.27. The molecule has 140 valence electrons. The van der Waals surface area contributed by atoms with Crippen LogP contribution >= 0.6 is 23.4 Å². The second-order valence-corrected chi connectivity index (χ2v) is 7.62. The van der Waals surface area contributed by atoms with Gasteiger partial charge in [-0.2, -0.15) is 0 Å². The summed E-state index contributed by atoms with van der Waals surface area (Å²) in [5.41, 5.74) is 4.34. The first-order chi connectivity index (χ1) is 13.7. The molecule has 0 amide bonds. The zero-order chi connectivity index (χ0) is 19.3. The first-order valence-corrected chi connectivity index (χ1v) is 10.3. The van der Waals surface area contributed by atoms with Gasteiger partial charge in [-0.25, -0.2) is 4.98 Å². The summed E-state index contributed by atoms with van der Waals surface area (Å²) in [7, 11) is 1.67. The Morgan fingerprint density at radius 3 is 2.46 bits per heavy atom. The van der Waals surface area contributed by atoms with Crippen LogP contribution in [0.4, 0.5) is 0 Å². The molecule has 1 aromatic heterocycles. The van der Waals surface area contributed by atoms with Crippen LogP contribution in [0.25, 0.3) is 16.9 Å². The lowest BCUT2D eigenvalue weighted by Gasteiger charge is -2.13. The van der Waals surface area contributed by atoms with Gasteiger partial charge >= 0.3 is 0 Å². The van der Waals surface area contributed by atoms with Crippen LogP contribution in [-0.2, 0) is 5.75 Å². The molecule has 1 heterocycles. The summed E-state index contributed by atoms with van der Waals surface area (Å²) in [4.78, 5) is 4.71. The molecule has 28 heavy (non-hydrogen) atoms. The average Bonchev–Trinajstić information content (AvgIpc) is 3.17. The number of methoxy groups -OCH3 is 1. The standard InChI is InChI=1S/C23H19ClN2OS/c1-27-21-12-10-18(11-13-21)22-15-25-23(28-16-17-6-3-2-4-7-17)26(22)20-9-5-8-19(24)14-20/h2-15H,16H2,1H3.